The van der Waals surface area contributed by atoms with Crippen LogP contribution in [0.4, 0.5) is 5.69 Å². The van der Waals surface area contributed by atoms with E-state index < -0.39 is 0 Å². The fourth-order valence-corrected chi connectivity index (χ4v) is 3.85. The Bertz CT molecular complexity index is 1040. The highest BCUT2D eigenvalue weighted by atomic mass is 35.5. The van der Waals surface area contributed by atoms with Crippen molar-refractivity contribution < 1.29 is 9.53 Å². The number of thioether (sulfide) groups is 1. The number of nitrogens with zero attached hydrogens (tertiary/aromatic N) is 3. The first kappa shape index (κ1) is 22.2. The topological polar surface area (TPSA) is 69.0 Å². The number of aromatic nitrogens is 3. The summed E-state index contributed by atoms with van der Waals surface area (Å²) in [5.74, 6) is 1.38. The monoisotopic (exact) mass is 444 g/mol. The maximum atomic E-state index is 12.3. The number of benzene rings is 2. The van der Waals surface area contributed by atoms with Crippen molar-refractivity contribution in [1.82, 2.24) is 14.8 Å². The molecule has 30 heavy (non-hydrogen) atoms. The summed E-state index contributed by atoms with van der Waals surface area (Å²) in [6, 6.07) is 13.5. The Morgan fingerprint density at radius 1 is 1.17 bits per heavy atom. The van der Waals surface area contributed by atoms with Crippen LogP contribution in [0, 0.1) is 0 Å². The van der Waals surface area contributed by atoms with Gasteiger partial charge in [0.15, 0.2) is 11.0 Å². The van der Waals surface area contributed by atoms with E-state index in [1.807, 2.05) is 11.6 Å². The van der Waals surface area contributed by atoms with E-state index in [9.17, 15) is 4.79 Å². The number of hydrogen-bond acceptors (Lipinski definition) is 5. The van der Waals surface area contributed by atoms with E-state index in [2.05, 4.69) is 60.6 Å². The molecule has 0 radical (unpaired) electrons. The third-order valence-corrected chi connectivity index (χ3v) is 5.93. The number of rotatable bonds is 6. The second kappa shape index (κ2) is 9.10. The Balaban J connectivity index is 1.64. The smallest absolute Gasteiger partial charge is 0.234 e. The van der Waals surface area contributed by atoms with Gasteiger partial charge >= 0.3 is 0 Å². The maximum absolute atomic E-state index is 12.3. The number of anilines is 1. The molecular formula is C22H25ClN4O2S. The van der Waals surface area contributed by atoms with Crippen molar-refractivity contribution >= 4 is 35.0 Å². The Kier molecular flexibility index (Phi) is 6.73. The number of methoxy groups -OCH3 is 1. The standard InChI is InChI=1S/C22H25ClN4O2S/c1-22(2,3)15-8-6-14(7-9-15)20-25-26-21(27(20)4)30-13-19(28)24-16-10-11-18(29-5)17(23)12-16/h6-12H,13H2,1-5H3,(H,24,28). The Morgan fingerprint density at radius 3 is 2.47 bits per heavy atom. The van der Waals surface area contributed by atoms with Crippen molar-refractivity contribution in [3.8, 4) is 17.1 Å². The normalized spacial score (nSPS) is 11.4. The summed E-state index contributed by atoms with van der Waals surface area (Å²) in [5, 5.41) is 12.5. The fraction of sp³-hybridized carbons (Fsp3) is 0.318. The summed E-state index contributed by atoms with van der Waals surface area (Å²) in [6.07, 6.45) is 0. The molecule has 8 heteroatoms. The number of carbonyl (C=O) groups excluding carboxylic acids is 1. The van der Waals surface area contributed by atoms with Gasteiger partial charge in [0, 0.05) is 18.3 Å². The third-order valence-electron chi connectivity index (χ3n) is 4.61. The molecule has 2 aromatic carbocycles. The SMILES string of the molecule is COc1ccc(NC(=O)CSc2nnc(-c3ccc(C(C)(C)C)cc3)n2C)cc1Cl. The van der Waals surface area contributed by atoms with E-state index in [4.69, 9.17) is 16.3 Å². The van der Waals surface area contributed by atoms with Crippen LogP contribution >= 0.6 is 23.4 Å². The average Bonchev–Trinajstić information content (AvgIpc) is 3.06. The lowest BCUT2D eigenvalue weighted by atomic mass is 9.87. The highest BCUT2D eigenvalue weighted by molar-refractivity contribution is 7.99. The minimum atomic E-state index is -0.152. The minimum Gasteiger partial charge on any atom is -0.495 e. The van der Waals surface area contributed by atoms with Crippen molar-refractivity contribution in [3.63, 3.8) is 0 Å². The molecule has 0 atom stereocenters. The second-order valence-electron chi connectivity index (χ2n) is 7.88. The number of amides is 1. The van der Waals surface area contributed by atoms with E-state index >= 15 is 0 Å². The molecule has 1 aromatic heterocycles. The van der Waals surface area contributed by atoms with E-state index in [-0.39, 0.29) is 17.1 Å². The number of halogens is 1. The summed E-state index contributed by atoms with van der Waals surface area (Å²) in [4.78, 5) is 12.3. The molecule has 3 rings (SSSR count). The molecule has 3 aromatic rings. The maximum Gasteiger partial charge on any atom is 0.234 e. The zero-order valence-corrected chi connectivity index (χ0v) is 19.3. The van der Waals surface area contributed by atoms with Gasteiger partial charge < -0.3 is 14.6 Å². The lowest BCUT2D eigenvalue weighted by Crippen LogP contribution is -2.14. The highest BCUT2D eigenvalue weighted by Crippen LogP contribution is 2.28. The molecule has 0 aliphatic heterocycles. The van der Waals surface area contributed by atoms with Crippen molar-refractivity contribution in [1.29, 1.82) is 0 Å². The Labute approximate surface area is 186 Å². The quantitative estimate of drug-likeness (QED) is 0.531. The number of carbonyl (C=O) groups is 1. The van der Waals surface area contributed by atoms with Gasteiger partial charge in [-0.15, -0.1) is 10.2 Å². The highest BCUT2D eigenvalue weighted by Gasteiger charge is 2.16. The predicted molar refractivity (Wildman–Crippen MR) is 122 cm³/mol. The van der Waals surface area contributed by atoms with Crippen LogP contribution in [0.2, 0.25) is 5.02 Å². The first-order valence-corrected chi connectivity index (χ1v) is 10.8. The minimum absolute atomic E-state index is 0.0981. The van der Waals surface area contributed by atoms with Gasteiger partial charge in [0.05, 0.1) is 17.9 Å². The van der Waals surface area contributed by atoms with Crippen molar-refractivity contribution in [3.05, 3.63) is 53.1 Å². The molecule has 0 unspecified atom stereocenters. The zero-order chi connectivity index (χ0) is 21.9. The molecule has 6 nitrogen and oxygen atoms in total. The molecule has 0 saturated heterocycles. The van der Waals surface area contributed by atoms with Gasteiger partial charge in [0.2, 0.25) is 5.91 Å². The molecule has 0 aliphatic rings. The average molecular weight is 445 g/mol. The lowest BCUT2D eigenvalue weighted by molar-refractivity contribution is -0.113. The van der Waals surface area contributed by atoms with E-state index in [0.29, 0.717) is 21.6 Å². The van der Waals surface area contributed by atoms with Crippen molar-refractivity contribution in [2.75, 3.05) is 18.2 Å². The van der Waals surface area contributed by atoms with Crippen LogP contribution in [-0.4, -0.2) is 33.5 Å². The first-order valence-electron chi connectivity index (χ1n) is 9.45. The van der Waals surface area contributed by atoms with Crippen LogP contribution in [0.5, 0.6) is 5.75 Å². The van der Waals surface area contributed by atoms with E-state index in [1.165, 1.54) is 17.3 Å². The Morgan fingerprint density at radius 2 is 1.87 bits per heavy atom. The van der Waals surface area contributed by atoms with Crippen LogP contribution in [0.3, 0.4) is 0 Å². The number of ether oxygens (including phenoxy) is 1. The summed E-state index contributed by atoms with van der Waals surface area (Å²) < 4.78 is 7.02. The molecular weight excluding hydrogens is 420 g/mol. The van der Waals surface area contributed by atoms with Gasteiger partial charge in [0.25, 0.3) is 0 Å². The number of hydrogen-bond donors (Lipinski definition) is 1. The molecule has 1 N–H and O–H groups in total. The van der Waals surface area contributed by atoms with Gasteiger partial charge in [-0.2, -0.15) is 0 Å². The van der Waals surface area contributed by atoms with Crippen molar-refractivity contribution in [2.24, 2.45) is 7.05 Å². The van der Waals surface area contributed by atoms with Crippen molar-refractivity contribution in [2.45, 2.75) is 31.3 Å². The van der Waals surface area contributed by atoms with Crippen LogP contribution < -0.4 is 10.1 Å². The molecule has 0 aliphatic carbocycles. The molecule has 0 saturated carbocycles. The summed E-state index contributed by atoms with van der Waals surface area (Å²) >= 11 is 7.43. The third kappa shape index (κ3) is 5.15. The molecule has 0 fully saturated rings. The fourth-order valence-electron chi connectivity index (χ4n) is 2.88. The molecule has 1 heterocycles. The number of nitrogens with one attached hydrogen (secondary N) is 1. The van der Waals surface area contributed by atoms with Gasteiger partial charge in [0.1, 0.15) is 5.75 Å². The molecule has 0 bridgehead atoms. The first-order chi connectivity index (χ1) is 14.2. The van der Waals surface area contributed by atoms with Gasteiger partial charge in [-0.25, -0.2) is 0 Å². The largest absolute Gasteiger partial charge is 0.495 e. The van der Waals surface area contributed by atoms with Gasteiger partial charge in [-0.1, -0.05) is 68.4 Å². The summed E-state index contributed by atoms with van der Waals surface area (Å²) in [6.45, 7) is 6.55. The predicted octanol–water partition coefficient (Wildman–Crippen LogP) is 5.17. The van der Waals surface area contributed by atoms with E-state index in [1.54, 1.807) is 25.3 Å². The van der Waals surface area contributed by atoms with Crippen LogP contribution in [0.1, 0.15) is 26.3 Å². The van der Waals surface area contributed by atoms with Crippen LogP contribution in [-0.2, 0) is 17.3 Å². The van der Waals surface area contributed by atoms with E-state index in [0.717, 1.165) is 11.4 Å². The summed E-state index contributed by atoms with van der Waals surface area (Å²) in [5.41, 5.74) is 2.96. The van der Waals surface area contributed by atoms with Gasteiger partial charge in [-0.3, -0.25) is 4.79 Å². The van der Waals surface area contributed by atoms with Gasteiger partial charge in [-0.05, 0) is 29.2 Å². The molecule has 158 valence electrons. The second-order valence-corrected chi connectivity index (χ2v) is 9.23. The zero-order valence-electron chi connectivity index (χ0n) is 17.7. The summed E-state index contributed by atoms with van der Waals surface area (Å²) in [7, 11) is 3.45. The molecule has 0 spiro atoms. The van der Waals surface area contributed by atoms with Crippen LogP contribution in [0.15, 0.2) is 47.6 Å². The Hall–Kier alpha value is -2.51. The van der Waals surface area contributed by atoms with Crippen LogP contribution in [0.25, 0.3) is 11.4 Å². The molecule has 1 amide bonds. The lowest BCUT2D eigenvalue weighted by Gasteiger charge is -2.19.